The molecular formula is C20H25N7. The van der Waals surface area contributed by atoms with Crippen LogP contribution in [0.3, 0.4) is 0 Å². The second-order valence-corrected chi connectivity index (χ2v) is 7.35. The summed E-state index contributed by atoms with van der Waals surface area (Å²) in [6.07, 6.45) is 2.68. The molecule has 0 amide bonds. The van der Waals surface area contributed by atoms with Crippen molar-refractivity contribution in [2.45, 2.75) is 46.6 Å². The molecule has 3 aromatic rings. The van der Waals surface area contributed by atoms with Crippen LogP contribution in [-0.4, -0.2) is 42.8 Å². The van der Waals surface area contributed by atoms with E-state index >= 15 is 0 Å². The van der Waals surface area contributed by atoms with E-state index in [4.69, 9.17) is 4.98 Å². The predicted molar refractivity (Wildman–Crippen MR) is 105 cm³/mol. The third-order valence-electron chi connectivity index (χ3n) is 5.00. The lowest BCUT2D eigenvalue weighted by atomic mass is 10.1. The van der Waals surface area contributed by atoms with Gasteiger partial charge in [0.2, 0.25) is 5.95 Å². The van der Waals surface area contributed by atoms with Gasteiger partial charge in [-0.25, -0.2) is 9.97 Å². The maximum Gasteiger partial charge on any atom is 0.225 e. The maximum atomic E-state index is 4.83. The minimum atomic E-state index is 0.370. The van der Waals surface area contributed by atoms with E-state index in [1.807, 2.05) is 32.2 Å². The average molecular weight is 363 g/mol. The van der Waals surface area contributed by atoms with Gasteiger partial charge in [-0.3, -0.25) is 4.98 Å². The lowest BCUT2D eigenvalue weighted by Crippen LogP contribution is -2.28. The summed E-state index contributed by atoms with van der Waals surface area (Å²) < 4.78 is 2.25. The van der Waals surface area contributed by atoms with E-state index in [0.717, 1.165) is 66.3 Å². The van der Waals surface area contributed by atoms with Crippen LogP contribution in [0.4, 0.5) is 5.95 Å². The normalized spacial score (nSPS) is 14.3. The number of pyridine rings is 1. The Morgan fingerprint density at radius 1 is 0.963 bits per heavy atom. The molecule has 140 valence electrons. The maximum absolute atomic E-state index is 4.83. The minimum absolute atomic E-state index is 0.370. The number of anilines is 1. The molecule has 1 aliphatic heterocycles. The number of rotatable bonds is 3. The van der Waals surface area contributed by atoms with Gasteiger partial charge in [-0.15, -0.1) is 10.2 Å². The van der Waals surface area contributed by atoms with Crippen molar-refractivity contribution < 1.29 is 0 Å². The van der Waals surface area contributed by atoms with E-state index in [1.165, 1.54) is 0 Å². The van der Waals surface area contributed by atoms with Crippen LogP contribution >= 0.6 is 0 Å². The predicted octanol–water partition coefficient (Wildman–Crippen LogP) is 2.93. The van der Waals surface area contributed by atoms with Crippen molar-refractivity contribution in [3.63, 3.8) is 0 Å². The van der Waals surface area contributed by atoms with Crippen molar-refractivity contribution in [2.24, 2.45) is 0 Å². The molecule has 7 nitrogen and oxygen atoms in total. The Hall–Kier alpha value is -2.83. The summed E-state index contributed by atoms with van der Waals surface area (Å²) in [6.45, 7) is 10.9. The Balaban J connectivity index is 1.60. The summed E-state index contributed by atoms with van der Waals surface area (Å²) in [5, 5.41) is 8.75. The number of aromatic nitrogens is 6. The van der Waals surface area contributed by atoms with Crippen LogP contribution in [0.25, 0.3) is 11.3 Å². The summed E-state index contributed by atoms with van der Waals surface area (Å²) in [4.78, 5) is 16.2. The molecule has 0 saturated carbocycles. The van der Waals surface area contributed by atoms with Crippen LogP contribution in [0.1, 0.15) is 42.8 Å². The summed E-state index contributed by atoms with van der Waals surface area (Å²) in [5.41, 5.74) is 3.97. The van der Waals surface area contributed by atoms with Crippen molar-refractivity contribution in [1.29, 1.82) is 0 Å². The molecule has 0 aromatic carbocycles. The van der Waals surface area contributed by atoms with Gasteiger partial charge in [-0.1, -0.05) is 13.8 Å². The average Bonchev–Trinajstić information content (AvgIpc) is 2.94. The van der Waals surface area contributed by atoms with Crippen molar-refractivity contribution in [2.75, 3.05) is 18.0 Å². The highest BCUT2D eigenvalue weighted by Gasteiger charge is 2.21. The molecule has 0 atom stereocenters. The fourth-order valence-corrected chi connectivity index (χ4v) is 3.58. The highest BCUT2D eigenvalue weighted by atomic mass is 15.3. The molecule has 4 rings (SSSR count). The minimum Gasteiger partial charge on any atom is -0.339 e. The summed E-state index contributed by atoms with van der Waals surface area (Å²) >= 11 is 0. The third-order valence-corrected chi connectivity index (χ3v) is 5.00. The summed E-state index contributed by atoms with van der Waals surface area (Å²) in [6, 6.07) is 6.06. The lowest BCUT2D eigenvalue weighted by Gasteiger charge is -2.20. The van der Waals surface area contributed by atoms with E-state index in [2.05, 4.69) is 49.5 Å². The zero-order chi connectivity index (χ0) is 19.0. The molecule has 0 radical (unpaired) electrons. The van der Waals surface area contributed by atoms with E-state index in [-0.39, 0.29) is 0 Å². The largest absolute Gasteiger partial charge is 0.339 e. The fourth-order valence-electron chi connectivity index (χ4n) is 3.58. The fraction of sp³-hybridized carbons (Fsp3) is 0.450. The number of fused-ring (bicyclic) bond motifs is 1. The first-order chi connectivity index (χ1) is 13.0. The van der Waals surface area contributed by atoms with Gasteiger partial charge < -0.3 is 9.47 Å². The van der Waals surface area contributed by atoms with Gasteiger partial charge >= 0.3 is 0 Å². The standard InChI is InChI=1S/C20H25N7/c1-13(2)19-25-24-18-8-10-26(11-12-27(18)19)20-21-9-7-17(23-20)16-6-5-14(3)22-15(16)4/h5-7,9,13H,8,10-12H2,1-4H3. The van der Waals surface area contributed by atoms with E-state index in [1.54, 1.807) is 0 Å². The molecule has 0 spiro atoms. The topological polar surface area (TPSA) is 72.6 Å². The molecule has 0 aliphatic carbocycles. The van der Waals surface area contributed by atoms with Crippen LogP contribution in [0, 0.1) is 13.8 Å². The van der Waals surface area contributed by atoms with E-state index in [9.17, 15) is 0 Å². The SMILES string of the molecule is Cc1ccc(-c2ccnc(N3CCc4nnc(C(C)C)n4CC3)n2)c(C)n1. The van der Waals surface area contributed by atoms with Crippen molar-refractivity contribution in [1.82, 2.24) is 29.7 Å². The van der Waals surface area contributed by atoms with Crippen LogP contribution in [0.15, 0.2) is 24.4 Å². The second-order valence-electron chi connectivity index (χ2n) is 7.35. The highest BCUT2D eigenvalue weighted by Crippen LogP contribution is 2.23. The molecule has 7 heteroatoms. The van der Waals surface area contributed by atoms with E-state index in [0.29, 0.717) is 5.92 Å². The van der Waals surface area contributed by atoms with Crippen molar-refractivity contribution in [3.05, 3.63) is 47.4 Å². The van der Waals surface area contributed by atoms with Crippen LogP contribution in [0.2, 0.25) is 0 Å². The Morgan fingerprint density at radius 2 is 1.81 bits per heavy atom. The monoisotopic (exact) mass is 363 g/mol. The Bertz CT molecular complexity index is 961. The zero-order valence-electron chi connectivity index (χ0n) is 16.3. The number of nitrogens with zero attached hydrogens (tertiary/aromatic N) is 7. The van der Waals surface area contributed by atoms with Gasteiger partial charge in [-0.2, -0.15) is 0 Å². The first-order valence-corrected chi connectivity index (χ1v) is 9.47. The Labute approximate surface area is 159 Å². The Kier molecular flexibility index (Phi) is 4.59. The Morgan fingerprint density at radius 3 is 2.59 bits per heavy atom. The van der Waals surface area contributed by atoms with Crippen LogP contribution in [-0.2, 0) is 13.0 Å². The number of hydrogen-bond acceptors (Lipinski definition) is 6. The van der Waals surface area contributed by atoms with Crippen molar-refractivity contribution >= 4 is 5.95 Å². The third kappa shape index (κ3) is 3.41. The number of hydrogen-bond donors (Lipinski definition) is 0. The highest BCUT2D eigenvalue weighted by molar-refractivity contribution is 5.62. The van der Waals surface area contributed by atoms with Gasteiger partial charge in [0.05, 0.1) is 5.69 Å². The molecule has 0 N–H and O–H groups in total. The molecular weight excluding hydrogens is 338 g/mol. The first-order valence-electron chi connectivity index (χ1n) is 9.47. The van der Waals surface area contributed by atoms with Gasteiger partial charge in [-0.05, 0) is 32.0 Å². The van der Waals surface area contributed by atoms with Gasteiger partial charge in [0, 0.05) is 55.1 Å². The molecule has 4 heterocycles. The van der Waals surface area contributed by atoms with Gasteiger partial charge in [0.25, 0.3) is 0 Å². The van der Waals surface area contributed by atoms with Crippen molar-refractivity contribution in [3.8, 4) is 11.3 Å². The van der Waals surface area contributed by atoms with E-state index < -0.39 is 0 Å². The summed E-state index contributed by atoms with van der Waals surface area (Å²) in [5.74, 6) is 3.24. The first kappa shape index (κ1) is 17.6. The molecule has 1 aliphatic rings. The van der Waals surface area contributed by atoms with Gasteiger partial charge in [0.1, 0.15) is 11.6 Å². The number of aryl methyl sites for hydroxylation is 2. The molecule has 0 bridgehead atoms. The van der Waals surface area contributed by atoms with Crippen LogP contribution in [0.5, 0.6) is 0 Å². The lowest BCUT2D eigenvalue weighted by molar-refractivity contribution is 0.615. The quantitative estimate of drug-likeness (QED) is 0.712. The molecule has 0 unspecified atom stereocenters. The summed E-state index contributed by atoms with van der Waals surface area (Å²) in [7, 11) is 0. The van der Waals surface area contributed by atoms with Crippen LogP contribution < -0.4 is 4.90 Å². The smallest absolute Gasteiger partial charge is 0.225 e. The molecule has 27 heavy (non-hydrogen) atoms. The molecule has 0 saturated heterocycles. The second kappa shape index (κ2) is 7.06. The molecule has 3 aromatic heterocycles. The van der Waals surface area contributed by atoms with Gasteiger partial charge in [0.15, 0.2) is 0 Å². The zero-order valence-corrected chi connectivity index (χ0v) is 16.3. The molecule has 0 fully saturated rings.